The molecule has 20 heavy (non-hydrogen) atoms. The molecule has 1 aromatic rings. The molecule has 3 nitrogen and oxygen atoms in total. The number of nitrogens with one attached hydrogen (secondary N) is 2. The lowest BCUT2D eigenvalue weighted by molar-refractivity contribution is -0.914. The lowest BCUT2D eigenvalue weighted by Crippen LogP contribution is -3.16. The molecule has 0 saturated carbocycles. The molecule has 1 amide bonds. The van der Waals surface area contributed by atoms with Crippen LogP contribution >= 0.6 is 0 Å². The molecule has 1 heterocycles. The molecular formula is C16H24FN2O+. The number of quaternary nitrogens is 1. The lowest BCUT2D eigenvalue weighted by atomic mass is 10.1. The van der Waals surface area contributed by atoms with Gasteiger partial charge in [0, 0.05) is 0 Å². The Balaban J connectivity index is 1.95. The van der Waals surface area contributed by atoms with Crippen molar-refractivity contribution in [2.45, 2.75) is 45.1 Å². The molecule has 0 spiro atoms. The van der Waals surface area contributed by atoms with Gasteiger partial charge in [0.2, 0.25) is 0 Å². The van der Waals surface area contributed by atoms with E-state index in [1.54, 1.807) is 18.2 Å². The number of anilines is 1. The van der Waals surface area contributed by atoms with Gasteiger partial charge in [-0.2, -0.15) is 0 Å². The van der Waals surface area contributed by atoms with Gasteiger partial charge in [-0.05, 0) is 44.7 Å². The first-order valence-corrected chi connectivity index (χ1v) is 7.58. The van der Waals surface area contributed by atoms with Gasteiger partial charge in [0.1, 0.15) is 5.82 Å². The van der Waals surface area contributed by atoms with Crippen molar-refractivity contribution in [3.63, 3.8) is 0 Å². The molecule has 1 atom stereocenters. The van der Waals surface area contributed by atoms with Crippen LogP contribution in [-0.4, -0.2) is 25.0 Å². The van der Waals surface area contributed by atoms with E-state index in [2.05, 4.69) is 5.32 Å². The highest BCUT2D eigenvalue weighted by atomic mass is 19.1. The van der Waals surface area contributed by atoms with Gasteiger partial charge in [-0.25, -0.2) is 4.39 Å². The zero-order valence-corrected chi connectivity index (χ0v) is 12.1. The molecule has 1 aliphatic rings. The number of benzene rings is 1. The predicted molar refractivity (Wildman–Crippen MR) is 78.3 cm³/mol. The highest BCUT2D eigenvalue weighted by Crippen LogP contribution is 2.12. The largest absolute Gasteiger partial charge is 0.325 e. The van der Waals surface area contributed by atoms with Crippen LogP contribution in [0.15, 0.2) is 24.3 Å². The van der Waals surface area contributed by atoms with E-state index in [9.17, 15) is 9.18 Å². The predicted octanol–water partition coefficient (Wildman–Crippen LogP) is 2.00. The third-order valence-corrected chi connectivity index (χ3v) is 4.13. The number of likely N-dealkylation sites (tertiary alicyclic amines) is 1. The Kier molecular flexibility index (Phi) is 5.53. The van der Waals surface area contributed by atoms with Crippen LogP contribution in [0.25, 0.3) is 0 Å². The number of carbonyl (C=O) groups excluding carboxylic acids is 1. The van der Waals surface area contributed by atoms with Crippen LogP contribution in [-0.2, 0) is 4.79 Å². The molecule has 0 unspecified atom stereocenters. The lowest BCUT2D eigenvalue weighted by Gasteiger charge is -2.27. The SMILES string of the molecule is C[C@H](C(=O)Nc1ccccc1F)[NH+]1CCCCCCC1. The minimum Gasteiger partial charge on any atom is -0.325 e. The van der Waals surface area contributed by atoms with Gasteiger partial charge in [0.15, 0.2) is 6.04 Å². The summed E-state index contributed by atoms with van der Waals surface area (Å²) in [6.07, 6.45) is 6.17. The number of para-hydroxylation sites is 1. The number of amides is 1. The summed E-state index contributed by atoms with van der Waals surface area (Å²) in [6.45, 7) is 4.00. The minimum absolute atomic E-state index is 0.0920. The normalized spacial score (nSPS) is 18.9. The van der Waals surface area contributed by atoms with Gasteiger partial charge in [-0.1, -0.05) is 18.6 Å². The second kappa shape index (κ2) is 7.39. The van der Waals surface area contributed by atoms with E-state index >= 15 is 0 Å². The van der Waals surface area contributed by atoms with Gasteiger partial charge in [-0.3, -0.25) is 4.79 Å². The average Bonchev–Trinajstić information content (AvgIpc) is 2.40. The molecule has 0 bridgehead atoms. The molecule has 0 aliphatic carbocycles. The average molecular weight is 279 g/mol. The van der Waals surface area contributed by atoms with E-state index in [-0.39, 0.29) is 23.5 Å². The summed E-state index contributed by atoms with van der Waals surface area (Å²) in [5, 5.41) is 2.71. The molecule has 110 valence electrons. The van der Waals surface area contributed by atoms with Crippen LogP contribution in [0.1, 0.15) is 39.0 Å². The van der Waals surface area contributed by atoms with Crippen LogP contribution in [0.3, 0.4) is 0 Å². The second-order valence-electron chi connectivity index (χ2n) is 5.62. The first-order chi connectivity index (χ1) is 9.68. The number of hydrogen-bond acceptors (Lipinski definition) is 1. The zero-order valence-electron chi connectivity index (χ0n) is 12.1. The molecule has 1 saturated heterocycles. The van der Waals surface area contributed by atoms with E-state index < -0.39 is 0 Å². The quantitative estimate of drug-likeness (QED) is 0.872. The number of hydrogen-bond donors (Lipinski definition) is 2. The maximum absolute atomic E-state index is 13.6. The summed E-state index contributed by atoms with van der Waals surface area (Å²) < 4.78 is 13.6. The fraction of sp³-hybridized carbons (Fsp3) is 0.562. The van der Waals surface area contributed by atoms with Crippen LogP contribution in [0.5, 0.6) is 0 Å². The van der Waals surface area contributed by atoms with Crippen molar-refractivity contribution in [3.05, 3.63) is 30.1 Å². The van der Waals surface area contributed by atoms with E-state index in [4.69, 9.17) is 0 Å². The van der Waals surface area contributed by atoms with Gasteiger partial charge >= 0.3 is 0 Å². The Hall–Kier alpha value is -1.42. The van der Waals surface area contributed by atoms with Gasteiger partial charge in [0.05, 0.1) is 18.8 Å². The van der Waals surface area contributed by atoms with Crippen LogP contribution < -0.4 is 10.2 Å². The van der Waals surface area contributed by atoms with Gasteiger partial charge in [-0.15, -0.1) is 0 Å². The Morgan fingerprint density at radius 1 is 1.15 bits per heavy atom. The summed E-state index contributed by atoms with van der Waals surface area (Å²) in [5.41, 5.74) is 0.274. The summed E-state index contributed by atoms with van der Waals surface area (Å²) in [6, 6.07) is 6.18. The topological polar surface area (TPSA) is 33.5 Å². The maximum Gasteiger partial charge on any atom is 0.282 e. The molecule has 1 aromatic carbocycles. The van der Waals surface area contributed by atoms with Crippen molar-refractivity contribution in [1.82, 2.24) is 0 Å². The van der Waals surface area contributed by atoms with E-state index in [0.717, 1.165) is 13.1 Å². The number of rotatable bonds is 3. The first-order valence-electron chi connectivity index (χ1n) is 7.58. The smallest absolute Gasteiger partial charge is 0.282 e. The molecule has 1 aliphatic heterocycles. The number of halogens is 1. The standard InChI is InChI=1S/C16H23FN2O/c1-13(19-11-7-3-2-4-8-12-19)16(20)18-15-10-6-5-9-14(15)17/h5-6,9-10,13H,2-4,7-8,11-12H2,1H3,(H,18,20)/p+1/t13-/m1/s1. The first kappa shape index (κ1) is 15.0. The summed E-state index contributed by atoms with van der Waals surface area (Å²) in [5.74, 6) is -0.471. The summed E-state index contributed by atoms with van der Waals surface area (Å²) in [4.78, 5) is 13.6. The minimum atomic E-state index is -0.379. The Bertz CT molecular complexity index is 442. The van der Waals surface area contributed by atoms with E-state index in [1.165, 1.54) is 43.1 Å². The fourth-order valence-electron chi connectivity index (χ4n) is 2.78. The van der Waals surface area contributed by atoms with Gasteiger partial charge < -0.3 is 10.2 Å². The van der Waals surface area contributed by atoms with E-state index in [0.29, 0.717) is 0 Å². The van der Waals surface area contributed by atoms with Crippen LogP contribution in [0.4, 0.5) is 10.1 Å². The highest BCUT2D eigenvalue weighted by Gasteiger charge is 2.25. The Labute approximate surface area is 120 Å². The Morgan fingerprint density at radius 3 is 2.40 bits per heavy atom. The summed E-state index contributed by atoms with van der Waals surface area (Å²) >= 11 is 0. The van der Waals surface area contributed by atoms with Crippen molar-refractivity contribution in [2.24, 2.45) is 0 Å². The summed E-state index contributed by atoms with van der Waals surface area (Å²) in [7, 11) is 0. The van der Waals surface area contributed by atoms with Crippen molar-refractivity contribution < 1.29 is 14.1 Å². The second-order valence-corrected chi connectivity index (χ2v) is 5.62. The number of carbonyl (C=O) groups is 1. The molecule has 2 rings (SSSR count). The molecular weight excluding hydrogens is 255 g/mol. The third kappa shape index (κ3) is 4.04. The van der Waals surface area contributed by atoms with Crippen LogP contribution in [0.2, 0.25) is 0 Å². The van der Waals surface area contributed by atoms with Crippen molar-refractivity contribution in [2.75, 3.05) is 18.4 Å². The zero-order chi connectivity index (χ0) is 14.4. The molecule has 2 N–H and O–H groups in total. The molecule has 0 radical (unpaired) electrons. The monoisotopic (exact) mass is 279 g/mol. The van der Waals surface area contributed by atoms with Crippen molar-refractivity contribution >= 4 is 11.6 Å². The van der Waals surface area contributed by atoms with Crippen molar-refractivity contribution in [1.29, 1.82) is 0 Å². The van der Waals surface area contributed by atoms with Crippen LogP contribution in [0, 0.1) is 5.82 Å². The molecule has 0 aromatic heterocycles. The molecule has 4 heteroatoms. The third-order valence-electron chi connectivity index (χ3n) is 4.13. The van der Waals surface area contributed by atoms with Crippen molar-refractivity contribution in [3.8, 4) is 0 Å². The van der Waals surface area contributed by atoms with Gasteiger partial charge in [0.25, 0.3) is 5.91 Å². The maximum atomic E-state index is 13.6. The molecule has 1 fully saturated rings. The Morgan fingerprint density at radius 2 is 1.75 bits per heavy atom. The fourth-order valence-corrected chi connectivity index (χ4v) is 2.78. The highest BCUT2D eigenvalue weighted by molar-refractivity contribution is 5.93. The van der Waals surface area contributed by atoms with E-state index in [1.807, 2.05) is 6.92 Å².